The van der Waals surface area contributed by atoms with E-state index >= 15 is 0 Å². The molecule has 1 atom stereocenters. The first-order valence-corrected chi connectivity index (χ1v) is 10.6. The number of methoxy groups -OCH3 is 2. The monoisotopic (exact) mass is 425 g/mol. The Hall–Kier alpha value is -3.00. The standard InChI is InChI=1S/C22H23N3O4S/c1-27-16-10-11-17(18(14-16)28-2)20-23-24-22(29-20)30-19(15-8-4-3-5-9-15)21(26)25-12-6-7-13-25/h3-5,8-11,14,19H,6-7,12-13H2,1-2H3/t19-/m0/s1. The van der Waals surface area contributed by atoms with Crippen LogP contribution in [-0.4, -0.2) is 48.3 Å². The van der Waals surface area contributed by atoms with E-state index in [9.17, 15) is 4.79 Å². The topological polar surface area (TPSA) is 77.7 Å². The number of benzene rings is 2. The summed E-state index contributed by atoms with van der Waals surface area (Å²) in [5.41, 5.74) is 1.58. The Morgan fingerprint density at radius 1 is 1.07 bits per heavy atom. The van der Waals surface area contributed by atoms with E-state index in [4.69, 9.17) is 13.9 Å². The van der Waals surface area contributed by atoms with Crippen molar-refractivity contribution in [3.63, 3.8) is 0 Å². The Morgan fingerprint density at radius 3 is 2.53 bits per heavy atom. The molecule has 1 saturated heterocycles. The largest absolute Gasteiger partial charge is 0.497 e. The molecule has 1 fully saturated rings. The molecule has 2 heterocycles. The Bertz CT molecular complexity index is 1000. The Kier molecular flexibility index (Phi) is 6.23. The molecule has 0 bridgehead atoms. The molecule has 0 N–H and O–H groups in total. The zero-order chi connectivity index (χ0) is 20.9. The van der Waals surface area contributed by atoms with Gasteiger partial charge in [-0.25, -0.2) is 0 Å². The lowest BCUT2D eigenvalue weighted by Crippen LogP contribution is -2.31. The quantitative estimate of drug-likeness (QED) is 0.525. The van der Waals surface area contributed by atoms with Crippen molar-refractivity contribution in [1.82, 2.24) is 15.1 Å². The van der Waals surface area contributed by atoms with Gasteiger partial charge in [-0.05, 0) is 42.3 Å². The predicted molar refractivity (Wildman–Crippen MR) is 114 cm³/mol. The van der Waals surface area contributed by atoms with Gasteiger partial charge in [0.2, 0.25) is 5.91 Å². The molecule has 1 aliphatic heterocycles. The van der Waals surface area contributed by atoms with Gasteiger partial charge in [-0.1, -0.05) is 30.3 Å². The number of thioether (sulfide) groups is 1. The van der Waals surface area contributed by atoms with Crippen LogP contribution in [0.25, 0.3) is 11.5 Å². The molecule has 156 valence electrons. The van der Waals surface area contributed by atoms with Gasteiger partial charge in [0, 0.05) is 19.2 Å². The van der Waals surface area contributed by atoms with E-state index in [-0.39, 0.29) is 5.91 Å². The van der Waals surface area contributed by atoms with Crippen molar-refractivity contribution in [3.8, 4) is 23.0 Å². The molecule has 2 aromatic carbocycles. The van der Waals surface area contributed by atoms with Gasteiger partial charge in [0.25, 0.3) is 11.1 Å². The number of carbonyl (C=O) groups excluding carboxylic acids is 1. The first kappa shape index (κ1) is 20.3. The van der Waals surface area contributed by atoms with Gasteiger partial charge < -0.3 is 18.8 Å². The number of carbonyl (C=O) groups is 1. The molecule has 1 amide bonds. The lowest BCUT2D eigenvalue weighted by atomic mass is 10.1. The summed E-state index contributed by atoms with van der Waals surface area (Å²) < 4.78 is 16.6. The third-order valence-corrected chi connectivity index (χ3v) is 6.08. The molecular formula is C22H23N3O4S. The second-order valence-corrected chi connectivity index (χ2v) is 7.94. The highest BCUT2D eigenvalue weighted by Gasteiger charge is 2.30. The number of amides is 1. The average Bonchev–Trinajstić information content (AvgIpc) is 3.49. The number of ether oxygens (including phenoxy) is 2. The molecule has 0 unspecified atom stereocenters. The number of aromatic nitrogens is 2. The molecule has 0 saturated carbocycles. The molecule has 1 aromatic heterocycles. The first-order chi connectivity index (χ1) is 14.7. The maximum Gasteiger partial charge on any atom is 0.277 e. The molecule has 7 nitrogen and oxygen atoms in total. The van der Waals surface area contributed by atoms with Gasteiger partial charge in [-0.2, -0.15) is 0 Å². The fourth-order valence-electron chi connectivity index (χ4n) is 3.43. The summed E-state index contributed by atoms with van der Waals surface area (Å²) in [7, 11) is 3.17. The summed E-state index contributed by atoms with van der Waals surface area (Å²) in [6, 6.07) is 15.1. The Morgan fingerprint density at radius 2 is 1.83 bits per heavy atom. The fraction of sp³-hybridized carbons (Fsp3) is 0.318. The summed E-state index contributed by atoms with van der Waals surface area (Å²) in [6.45, 7) is 1.59. The Balaban J connectivity index is 1.60. The maximum absolute atomic E-state index is 13.2. The summed E-state index contributed by atoms with van der Waals surface area (Å²) in [4.78, 5) is 15.1. The molecule has 30 heavy (non-hydrogen) atoms. The lowest BCUT2D eigenvalue weighted by molar-refractivity contribution is -0.129. The summed E-state index contributed by atoms with van der Waals surface area (Å²) >= 11 is 1.28. The van der Waals surface area contributed by atoms with Gasteiger partial charge in [0.15, 0.2) is 0 Å². The molecule has 8 heteroatoms. The van der Waals surface area contributed by atoms with Crippen LogP contribution in [0.5, 0.6) is 11.5 Å². The number of rotatable bonds is 7. The van der Waals surface area contributed by atoms with Crippen LogP contribution in [0.15, 0.2) is 58.2 Å². The molecule has 3 aromatic rings. The van der Waals surface area contributed by atoms with E-state index in [2.05, 4.69) is 10.2 Å². The van der Waals surface area contributed by atoms with Gasteiger partial charge >= 0.3 is 0 Å². The summed E-state index contributed by atoms with van der Waals surface area (Å²) in [6.07, 6.45) is 2.08. The second-order valence-electron chi connectivity index (χ2n) is 6.88. The Labute approximate surface area is 179 Å². The van der Waals surface area contributed by atoms with Crippen molar-refractivity contribution < 1.29 is 18.7 Å². The van der Waals surface area contributed by atoms with Crippen LogP contribution in [0.2, 0.25) is 0 Å². The minimum atomic E-state index is -0.435. The van der Waals surface area contributed by atoms with Gasteiger partial charge in [0.05, 0.1) is 19.8 Å². The molecule has 0 aliphatic carbocycles. The van der Waals surface area contributed by atoms with Crippen molar-refractivity contribution in [3.05, 3.63) is 54.1 Å². The predicted octanol–water partition coefficient (Wildman–Crippen LogP) is 4.21. The highest BCUT2D eigenvalue weighted by Crippen LogP contribution is 2.39. The second kappa shape index (κ2) is 9.21. The van der Waals surface area contributed by atoms with Gasteiger partial charge in [0.1, 0.15) is 16.7 Å². The third-order valence-electron chi connectivity index (χ3n) is 5.01. The van der Waals surface area contributed by atoms with Crippen LogP contribution < -0.4 is 9.47 Å². The zero-order valence-corrected chi connectivity index (χ0v) is 17.7. The molecule has 1 aliphatic rings. The molecule has 4 rings (SSSR count). The zero-order valence-electron chi connectivity index (χ0n) is 16.9. The van der Waals surface area contributed by atoms with E-state index in [0.717, 1.165) is 31.5 Å². The van der Waals surface area contributed by atoms with E-state index in [0.29, 0.717) is 28.2 Å². The smallest absolute Gasteiger partial charge is 0.277 e. The van der Waals surface area contributed by atoms with E-state index < -0.39 is 5.25 Å². The van der Waals surface area contributed by atoms with E-state index in [1.807, 2.05) is 41.3 Å². The van der Waals surface area contributed by atoms with Crippen LogP contribution in [0.3, 0.4) is 0 Å². The van der Waals surface area contributed by atoms with Crippen molar-refractivity contribution in [2.45, 2.75) is 23.3 Å². The highest BCUT2D eigenvalue weighted by molar-refractivity contribution is 8.00. The third kappa shape index (κ3) is 4.28. The van der Waals surface area contributed by atoms with E-state index in [1.54, 1.807) is 26.4 Å². The van der Waals surface area contributed by atoms with Crippen molar-refractivity contribution in [1.29, 1.82) is 0 Å². The maximum atomic E-state index is 13.2. The molecule has 0 radical (unpaired) electrons. The molecular weight excluding hydrogens is 402 g/mol. The average molecular weight is 426 g/mol. The normalized spacial score (nSPS) is 14.5. The number of likely N-dealkylation sites (tertiary alicyclic amines) is 1. The van der Waals surface area contributed by atoms with Crippen LogP contribution in [0.4, 0.5) is 0 Å². The van der Waals surface area contributed by atoms with Gasteiger partial charge in [-0.3, -0.25) is 4.79 Å². The van der Waals surface area contributed by atoms with Crippen LogP contribution in [0.1, 0.15) is 23.7 Å². The minimum absolute atomic E-state index is 0.0745. The fourth-order valence-corrected chi connectivity index (χ4v) is 4.39. The number of hydrogen-bond donors (Lipinski definition) is 0. The summed E-state index contributed by atoms with van der Waals surface area (Å²) in [5.74, 6) is 1.65. The van der Waals surface area contributed by atoms with Crippen molar-refractivity contribution >= 4 is 17.7 Å². The number of nitrogens with zero attached hydrogens (tertiary/aromatic N) is 3. The SMILES string of the molecule is COc1ccc(-c2nnc(S[C@H](C(=O)N3CCCC3)c3ccccc3)o2)c(OC)c1. The minimum Gasteiger partial charge on any atom is -0.497 e. The van der Waals surface area contributed by atoms with Crippen LogP contribution >= 0.6 is 11.8 Å². The molecule has 0 spiro atoms. The highest BCUT2D eigenvalue weighted by atomic mass is 32.2. The van der Waals surface area contributed by atoms with Crippen LogP contribution in [0, 0.1) is 0 Å². The van der Waals surface area contributed by atoms with E-state index in [1.165, 1.54) is 11.8 Å². The number of hydrogen-bond acceptors (Lipinski definition) is 7. The van der Waals surface area contributed by atoms with Crippen molar-refractivity contribution in [2.24, 2.45) is 0 Å². The van der Waals surface area contributed by atoms with Crippen molar-refractivity contribution in [2.75, 3.05) is 27.3 Å². The summed E-state index contributed by atoms with van der Waals surface area (Å²) in [5, 5.41) is 8.25. The van der Waals surface area contributed by atoms with Gasteiger partial charge in [-0.15, -0.1) is 10.2 Å². The lowest BCUT2D eigenvalue weighted by Gasteiger charge is -2.22. The first-order valence-electron chi connectivity index (χ1n) is 9.76. The van der Waals surface area contributed by atoms with Crippen LogP contribution in [-0.2, 0) is 4.79 Å².